The van der Waals surface area contributed by atoms with Crippen LogP contribution in [0.3, 0.4) is 0 Å². The van der Waals surface area contributed by atoms with Crippen LogP contribution in [0.25, 0.3) is 16.8 Å². The monoisotopic (exact) mass is 438 g/mol. The summed E-state index contributed by atoms with van der Waals surface area (Å²) in [6.07, 6.45) is 5.56. The number of aromatic nitrogens is 3. The number of nitrogens with zero attached hydrogens (tertiary/aromatic N) is 3. The second-order valence-corrected chi connectivity index (χ2v) is 7.16. The molecule has 31 heavy (non-hydrogen) atoms. The minimum Gasteiger partial charge on any atom is -0.495 e. The predicted octanol–water partition coefficient (Wildman–Crippen LogP) is 5.99. The van der Waals surface area contributed by atoms with E-state index in [9.17, 15) is 4.39 Å². The van der Waals surface area contributed by atoms with Gasteiger partial charge in [0.2, 0.25) is 0 Å². The predicted molar refractivity (Wildman–Crippen MR) is 124 cm³/mol. The number of pyridine rings is 1. The molecule has 0 amide bonds. The number of hydrogen-bond acceptors (Lipinski definition) is 4. The van der Waals surface area contributed by atoms with E-state index in [1.165, 1.54) is 12.1 Å². The third kappa shape index (κ3) is 5.03. The molecule has 0 spiro atoms. The van der Waals surface area contributed by atoms with Gasteiger partial charge in [0.05, 0.1) is 24.8 Å². The second-order valence-electron chi connectivity index (χ2n) is 7.16. The van der Waals surface area contributed by atoms with E-state index in [0.717, 1.165) is 39.6 Å². The molecule has 4 rings (SSSR count). The van der Waals surface area contributed by atoms with Crippen molar-refractivity contribution in [2.75, 3.05) is 12.4 Å². The Labute approximate surface area is 187 Å². The van der Waals surface area contributed by atoms with Crippen molar-refractivity contribution in [3.05, 3.63) is 90.4 Å². The summed E-state index contributed by atoms with van der Waals surface area (Å²) < 4.78 is 20.7. The largest absolute Gasteiger partial charge is 0.495 e. The van der Waals surface area contributed by atoms with E-state index in [4.69, 9.17) is 4.74 Å². The van der Waals surface area contributed by atoms with Crippen molar-refractivity contribution >= 4 is 18.2 Å². The van der Waals surface area contributed by atoms with E-state index in [1.54, 1.807) is 25.6 Å². The Bertz CT molecular complexity index is 1140. The third-order valence-corrected chi connectivity index (χ3v) is 5.00. The van der Waals surface area contributed by atoms with Gasteiger partial charge in [0.1, 0.15) is 17.4 Å². The molecule has 0 bridgehead atoms. The highest BCUT2D eigenvalue weighted by Crippen LogP contribution is 2.30. The van der Waals surface area contributed by atoms with Gasteiger partial charge in [0.25, 0.3) is 0 Å². The Morgan fingerprint density at radius 2 is 1.74 bits per heavy atom. The van der Waals surface area contributed by atoms with Gasteiger partial charge in [-0.15, -0.1) is 12.4 Å². The van der Waals surface area contributed by atoms with Gasteiger partial charge in [0.15, 0.2) is 0 Å². The Hall–Kier alpha value is -3.38. The lowest BCUT2D eigenvalue weighted by Crippen LogP contribution is -2.07. The van der Waals surface area contributed by atoms with Crippen LogP contribution in [0.5, 0.6) is 5.75 Å². The number of methoxy groups -OCH3 is 1. The normalized spacial score (nSPS) is 11.5. The molecule has 0 aliphatic rings. The third-order valence-electron chi connectivity index (χ3n) is 5.00. The average molecular weight is 439 g/mol. The number of anilines is 1. The van der Waals surface area contributed by atoms with Crippen LogP contribution < -0.4 is 10.1 Å². The zero-order valence-corrected chi connectivity index (χ0v) is 18.4. The summed E-state index contributed by atoms with van der Waals surface area (Å²) in [5, 5.41) is 3.34. The Morgan fingerprint density at radius 3 is 2.35 bits per heavy atom. The number of aryl methyl sites for hydroxylation is 1. The van der Waals surface area contributed by atoms with Crippen molar-refractivity contribution in [2.45, 2.75) is 19.9 Å². The molecule has 0 radical (unpaired) electrons. The molecular formula is C24H24ClFN4O. The van der Waals surface area contributed by atoms with Crippen molar-refractivity contribution in [3.8, 4) is 22.6 Å². The van der Waals surface area contributed by atoms with Gasteiger partial charge >= 0.3 is 0 Å². The molecule has 0 unspecified atom stereocenters. The second kappa shape index (κ2) is 9.62. The first-order valence-electron chi connectivity index (χ1n) is 9.71. The molecule has 4 aromatic rings. The van der Waals surface area contributed by atoms with Crippen molar-refractivity contribution in [3.63, 3.8) is 0 Å². The summed E-state index contributed by atoms with van der Waals surface area (Å²) in [4.78, 5) is 8.82. The topological polar surface area (TPSA) is 52.0 Å². The number of halogens is 2. The fourth-order valence-corrected chi connectivity index (χ4v) is 3.33. The van der Waals surface area contributed by atoms with Gasteiger partial charge in [0, 0.05) is 24.0 Å². The SMILES string of the molecule is COc1cc(-c2ccc(N[C@@H](C)c3ccc(F)cc3)nc2)ccc1-n1cnc(C)c1.Cl. The molecule has 2 aromatic heterocycles. The van der Waals surface area contributed by atoms with Crippen molar-refractivity contribution in [1.82, 2.24) is 14.5 Å². The number of rotatable bonds is 6. The Morgan fingerprint density at radius 1 is 1.00 bits per heavy atom. The van der Waals surface area contributed by atoms with Crippen LogP contribution in [0.15, 0.2) is 73.3 Å². The minimum atomic E-state index is -0.238. The molecule has 1 atom stereocenters. The van der Waals surface area contributed by atoms with Crippen molar-refractivity contribution < 1.29 is 9.13 Å². The smallest absolute Gasteiger partial charge is 0.143 e. The molecule has 0 aliphatic heterocycles. The number of nitrogens with one attached hydrogen (secondary N) is 1. The van der Waals surface area contributed by atoms with E-state index in [-0.39, 0.29) is 24.3 Å². The molecule has 0 saturated carbocycles. The van der Waals surface area contributed by atoms with Crippen LogP contribution in [0.2, 0.25) is 0 Å². The van der Waals surface area contributed by atoms with E-state index >= 15 is 0 Å². The van der Waals surface area contributed by atoms with Crippen LogP contribution in [-0.2, 0) is 0 Å². The van der Waals surface area contributed by atoms with E-state index in [0.29, 0.717) is 0 Å². The first kappa shape index (κ1) is 22.3. The van der Waals surface area contributed by atoms with Gasteiger partial charge in [-0.05, 0) is 61.4 Å². The maximum Gasteiger partial charge on any atom is 0.143 e. The van der Waals surface area contributed by atoms with Gasteiger partial charge in [-0.25, -0.2) is 14.4 Å². The lowest BCUT2D eigenvalue weighted by atomic mass is 10.1. The van der Waals surface area contributed by atoms with Crippen molar-refractivity contribution in [2.24, 2.45) is 0 Å². The first-order chi connectivity index (χ1) is 14.5. The van der Waals surface area contributed by atoms with E-state index in [2.05, 4.69) is 15.3 Å². The Balaban J connectivity index is 0.00000272. The number of hydrogen-bond donors (Lipinski definition) is 1. The highest BCUT2D eigenvalue weighted by molar-refractivity contribution is 5.85. The van der Waals surface area contributed by atoms with Crippen molar-refractivity contribution in [1.29, 1.82) is 0 Å². The summed E-state index contributed by atoms with van der Waals surface area (Å²) in [7, 11) is 1.66. The molecule has 0 aliphatic carbocycles. The highest BCUT2D eigenvalue weighted by atomic mass is 35.5. The highest BCUT2D eigenvalue weighted by Gasteiger charge is 2.10. The van der Waals surface area contributed by atoms with Crippen LogP contribution in [0.1, 0.15) is 24.2 Å². The van der Waals surface area contributed by atoms with Crippen LogP contribution in [0, 0.1) is 12.7 Å². The number of imidazole rings is 1. The lowest BCUT2D eigenvalue weighted by Gasteiger charge is -2.15. The fourth-order valence-electron chi connectivity index (χ4n) is 3.33. The number of ether oxygens (including phenoxy) is 1. The molecule has 160 valence electrons. The average Bonchev–Trinajstić information content (AvgIpc) is 3.20. The zero-order chi connectivity index (χ0) is 21.1. The summed E-state index contributed by atoms with van der Waals surface area (Å²) in [6, 6.07) is 16.5. The molecular weight excluding hydrogens is 415 g/mol. The van der Waals surface area contributed by atoms with Gasteiger partial charge in [-0.3, -0.25) is 0 Å². The minimum absolute atomic E-state index is 0. The van der Waals surface area contributed by atoms with Crippen LogP contribution in [0.4, 0.5) is 10.2 Å². The first-order valence-corrected chi connectivity index (χ1v) is 9.71. The van der Waals surface area contributed by atoms with Gasteiger partial charge in [-0.2, -0.15) is 0 Å². The molecule has 0 saturated heterocycles. The fraction of sp³-hybridized carbons (Fsp3) is 0.167. The summed E-state index contributed by atoms with van der Waals surface area (Å²) in [5.41, 5.74) is 4.88. The summed E-state index contributed by atoms with van der Waals surface area (Å²) in [5.74, 6) is 1.28. The molecule has 2 heterocycles. The van der Waals surface area contributed by atoms with Gasteiger partial charge < -0.3 is 14.6 Å². The maximum atomic E-state index is 13.1. The molecule has 7 heteroatoms. The summed E-state index contributed by atoms with van der Waals surface area (Å²) in [6.45, 7) is 3.97. The van der Waals surface area contributed by atoms with Crippen LogP contribution >= 0.6 is 12.4 Å². The van der Waals surface area contributed by atoms with E-state index in [1.807, 2.05) is 61.1 Å². The maximum absolute atomic E-state index is 13.1. The Kier molecular flexibility index (Phi) is 6.92. The molecule has 5 nitrogen and oxygen atoms in total. The lowest BCUT2D eigenvalue weighted by molar-refractivity contribution is 0.413. The molecule has 0 fully saturated rings. The van der Waals surface area contributed by atoms with E-state index < -0.39 is 0 Å². The zero-order valence-electron chi connectivity index (χ0n) is 17.5. The van der Waals surface area contributed by atoms with Crippen LogP contribution in [-0.4, -0.2) is 21.6 Å². The quantitative estimate of drug-likeness (QED) is 0.402. The summed E-state index contributed by atoms with van der Waals surface area (Å²) >= 11 is 0. The standard InChI is InChI=1S/C24H23FN4O.ClH/c1-16-14-29(15-27-16)22-10-6-19(12-23(22)30-3)20-7-11-24(26-13-20)28-17(2)18-4-8-21(25)9-5-18;/h4-15,17H,1-3H3,(H,26,28);1H/t17-;/m0./s1. The molecule has 2 aromatic carbocycles. The molecule has 1 N–H and O–H groups in total. The number of benzene rings is 2. The van der Waals surface area contributed by atoms with Gasteiger partial charge in [-0.1, -0.05) is 18.2 Å².